The Hall–Kier alpha value is -2.64. The fourth-order valence-corrected chi connectivity index (χ4v) is 2.69. The highest BCUT2D eigenvalue weighted by Gasteiger charge is 2.19. The van der Waals surface area contributed by atoms with E-state index in [0.29, 0.717) is 36.8 Å². The van der Waals surface area contributed by atoms with Crippen molar-refractivity contribution in [2.45, 2.75) is 46.1 Å². The lowest BCUT2D eigenvalue weighted by atomic mass is 10.1. The summed E-state index contributed by atoms with van der Waals surface area (Å²) in [6.07, 6.45) is 0. The minimum absolute atomic E-state index is 0.00234. The first-order valence-electron chi connectivity index (χ1n) is 9.05. The molecule has 7 nitrogen and oxygen atoms in total. The molecule has 2 rings (SSSR count). The highest BCUT2D eigenvalue weighted by atomic mass is 16.6. The molecule has 0 radical (unpaired) electrons. The molecule has 28 heavy (non-hydrogen) atoms. The molecule has 0 spiro atoms. The van der Waals surface area contributed by atoms with Gasteiger partial charge in [-0.3, -0.25) is 10.1 Å². The van der Waals surface area contributed by atoms with Crippen LogP contribution >= 0.6 is 0 Å². The van der Waals surface area contributed by atoms with Crippen LogP contribution in [0.1, 0.15) is 37.5 Å². The predicted molar refractivity (Wildman–Crippen MR) is 108 cm³/mol. The van der Waals surface area contributed by atoms with Gasteiger partial charge in [-0.05, 0) is 38.0 Å². The fraction of sp³-hybridized carbons (Fsp3) is 0.429. The Bertz CT molecular complexity index is 815. The summed E-state index contributed by atoms with van der Waals surface area (Å²) in [5, 5.41) is 14.6. The standard InChI is InChI=1S/C21H28N2O5/c1-21(2,3)28-14-16-8-6-7-15(9-16)12-22-13-17-10-19(26-4)20(27-5)11-18(17)23(24)25/h6-11,22H,12-14H2,1-5H3. The van der Waals surface area contributed by atoms with E-state index in [4.69, 9.17) is 14.2 Å². The second-order valence-corrected chi connectivity index (χ2v) is 7.42. The number of ether oxygens (including phenoxy) is 3. The van der Waals surface area contributed by atoms with Crippen molar-refractivity contribution in [1.29, 1.82) is 0 Å². The quantitative estimate of drug-likeness (QED) is 0.512. The molecule has 152 valence electrons. The van der Waals surface area contributed by atoms with Crippen molar-refractivity contribution >= 4 is 5.69 Å². The van der Waals surface area contributed by atoms with Crippen LogP contribution in [0, 0.1) is 10.1 Å². The van der Waals surface area contributed by atoms with Crippen molar-refractivity contribution in [3.05, 3.63) is 63.2 Å². The number of nitro groups is 1. The molecule has 0 bridgehead atoms. The average Bonchev–Trinajstić information content (AvgIpc) is 2.65. The summed E-state index contributed by atoms with van der Waals surface area (Å²) in [7, 11) is 2.96. The third-order valence-corrected chi connectivity index (χ3v) is 4.09. The Balaban J connectivity index is 2.06. The lowest BCUT2D eigenvalue weighted by Gasteiger charge is -2.19. The average molecular weight is 388 g/mol. The summed E-state index contributed by atoms with van der Waals surface area (Å²) in [6, 6.07) is 11.1. The SMILES string of the molecule is COc1cc(CNCc2cccc(COC(C)(C)C)c2)c([N+](=O)[O-])cc1OC. The van der Waals surface area contributed by atoms with Gasteiger partial charge in [-0.25, -0.2) is 0 Å². The molecule has 0 saturated carbocycles. The molecule has 0 aliphatic carbocycles. The van der Waals surface area contributed by atoms with Crippen molar-refractivity contribution in [2.24, 2.45) is 0 Å². The molecule has 0 atom stereocenters. The Morgan fingerprint density at radius 2 is 1.64 bits per heavy atom. The maximum Gasteiger partial charge on any atom is 0.277 e. The lowest BCUT2D eigenvalue weighted by Crippen LogP contribution is -2.19. The molecule has 0 aromatic heterocycles. The van der Waals surface area contributed by atoms with Gasteiger partial charge < -0.3 is 19.5 Å². The van der Waals surface area contributed by atoms with Crippen LogP contribution in [0.15, 0.2) is 36.4 Å². The van der Waals surface area contributed by atoms with Gasteiger partial charge in [0.1, 0.15) is 0 Å². The van der Waals surface area contributed by atoms with Gasteiger partial charge in [0.2, 0.25) is 0 Å². The molecule has 7 heteroatoms. The van der Waals surface area contributed by atoms with Crippen LogP contribution in [0.5, 0.6) is 11.5 Å². The van der Waals surface area contributed by atoms with E-state index < -0.39 is 4.92 Å². The second-order valence-electron chi connectivity index (χ2n) is 7.42. The zero-order valence-corrected chi connectivity index (χ0v) is 17.1. The highest BCUT2D eigenvalue weighted by Crippen LogP contribution is 2.34. The smallest absolute Gasteiger partial charge is 0.277 e. The number of methoxy groups -OCH3 is 2. The first-order chi connectivity index (χ1) is 13.2. The van der Waals surface area contributed by atoms with Gasteiger partial charge in [-0.2, -0.15) is 0 Å². The van der Waals surface area contributed by atoms with Gasteiger partial charge in [-0.1, -0.05) is 24.3 Å². The lowest BCUT2D eigenvalue weighted by molar-refractivity contribution is -0.385. The van der Waals surface area contributed by atoms with Crippen LogP contribution in [0.2, 0.25) is 0 Å². The predicted octanol–water partition coefficient (Wildman–Crippen LogP) is 4.22. The third kappa shape index (κ3) is 6.21. The zero-order chi connectivity index (χ0) is 20.7. The maximum absolute atomic E-state index is 11.4. The van der Waals surface area contributed by atoms with Crippen LogP contribution in [0.4, 0.5) is 5.69 Å². The molecule has 0 amide bonds. The number of nitrogens with zero attached hydrogens (tertiary/aromatic N) is 1. The van der Waals surface area contributed by atoms with Gasteiger partial charge in [0.05, 0.1) is 37.4 Å². The van der Waals surface area contributed by atoms with Crippen molar-refractivity contribution in [1.82, 2.24) is 5.32 Å². The molecule has 0 fully saturated rings. The van der Waals surface area contributed by atoms with E-state index in [1.54, 1.807) is 6.07 Å². The third-order valence-electron chi connectivity index (χ3n) is 4.09. The number of nitrogens with one attached hydrogen (secondary N) is 1. The topological polar surface area (TPSA) is 82.9 Å². The van der Waals surface area contributed by atoms with E-state index in [0.717, 1.165) is 11.1 Å². The highest BCUT2D eigenvalue weighted by molar-refractivity contribution is 5.54. The maximum atomic E-state index is 11.4. The monoisotopic (exact) mass is 388 g/mol. The van der Waals surface area contributed by atoms with Gasteiger partial charge in [0.15, 0.2) is 11.5 Å². The zero-order valence-electron chi connectivity index (χ0n) is 17.1. The number of rotatable bonds is 9. The fourth-order valence-electron chi connectivity index (χ4n) is 2.69. The first kappa shape index (κ1) is 21.7. The number of nitro benzene ring substituents is 1. The Labute approximate surface area is 165 Å². The van der Waals surface area contributed by atoms with Crippen molar-refractivity contribution < 1.29 is 19.1 Å². The molecular formula is C21H28N2O5. The van der Waals surface area contributed by atoms with E-state index in [-0.39, 0.29) is 11.3 Å². The van der Waals surface area contributed by atoms with E-state index >= 15 is 0 Å². The van der Waals surface area contributed by atoms with Crippen molar-refractivity contribution in [3.63, 3.8) is 0 Å². The number of benzene rings is 2. The summed E-state index contributed by atoms with van der Waals surface area (Å²) in [6.45, 7) is 7.52. The van der Waals surface area contributed by atoms with Crippen LogP contribution in [-0.2, 0) is 24.4 Å². The molecule has 2 aromatic carbocycles. The molecule has 0 saturated heterocycles. The van der Waals surface area contributed by atoms with E-state index in [9.17, 15) is 10.1 Å². The van der Waals surface area contributed by atoms with Crippen LogP contribution in [0.25, 0.3) is 0 Å². The summed E-state index contributed by atoms with van der Waals surface area (Å²) in [5.74, 6) is 0.802. The first-order valence-corrected chi connectivity index (χ1v) is 9.05. The van der Waals surface area contributed by atoms with Gasteiger partial charge in [0.25, 0.3) is 5.69 Å². The summed E-state index contributed by atoms with van der Waals surface area (Å²) >= 11 is 0. The van der Waals surface area contributed by atoms with Crippen LogP contribution in [0.3, 0.4) is 0 Å². The molecular weight excluding hydrogens is 360 g/mol. The van der Waals surface area contributed by atoms with E-state index in [2.05, 4.69) is 11.4 Å². The Morgan fingerprint density at radius 1 is 1.00 bits per heavy atom. The minimum atomic E-state index is -0.413. The minimum Gasteiger partial charge on any atom is -0.493 e. The number of hydrogen-bond acceptors (Lipinski definition) is 6. The van der Waals surface area contributed by atoms with E-state index in [1.165, 1.54) is 20.3 Å². The molecule has 0 unspecified atom stereocenters. The van der Waals surface area contributed by atoms with Gasteiger partial charge in [0, 0.05) is 18.7 Å². The molecule has 0 heterocycles. The normalized spacial score (nSPS) is 11.3. The van der Waals surface area contributed by atoms with E-state index in [1.807, 2.05) is 39.0 Å². The Kier molecular flexibility index (Phi) is 7.37. The van der Waals surface area contributed by atoms with Crippen LogP contribution in [-0.4, -0.2) is 24.7 Å². The molecule has 2 aromatic rings. The van der Waals surface area contributed by atoms with Crippen LogP contribution < -0.4 is 14.8 Å². The summed E-state index contributed by atoms with van der Waals surface area (Å²) in [4.78, 5) is 11.0. The van der Waals surface area contributed by atoms with Crippen molar-refractivity contribution in [2.75, 3.05) is 14.2 Å². The van der Waals surface area contributed by atoms with Gasteiger partial charge >= 0.3 is 0 Å². The van der Waals surface area contributed by atoms with Gasteiger partial charge in [-0.15, -0.1) is 0 Å². The second kappa shape index (κ2) is 9.52. The summed E-state index contributed by atoms with van der Waals surface area (Å²) < 4.78 is 16.2. The number of hydrogen-bond donors (Lipinski definition) is 1. The van der Waals surface area contributed by atoms with Crippen molar-refractivity contribution in [3.8, 4) is 11.5 Å². The largest absolute Gasteiger partial charge is 0.493 e. The molecule has 0 aliphatic heterocycles. The Morgan fingerprint density at radius 3 is 2.25 bits per heavy atom. The molecule has 0 aliphatic rings. The molecule has 1 N–H and O–H groups in total. The summed E-state index contributed by atoms with van der Waals surface area (Å²) in [5.41, 5.74) is 2.51.